The molecule has 0 heterocycles. The summed E-state index contributed by atoms with van der Waals surface area (Å²) >= 11 is 0. The van der Waals surface area contributed by atoms with Crippen molar-refractivity contribution < 1.29 is 14.3 Å². The van der Waals surface area contributed by atoms with Gasteiger partial charge in [-0.1, -0.05) is 44.2 Å². The number of methoxy groups -OCH3 is 1. The van der Waals surface area contributed by atoms with Crippen LogP contribution in [0.5, 0.6) is 0 Å². The highest BCUT2D eigenvalue weighted by atomic mass is 16.5. The van der Waals surface area contributed by atoms with Crippen LogP contribution >= 0.6 is 0 Å². The quantitative estimate of drug-likeness (QED) is 0.661. The first kappa shape index (κ1) is 17.5. The minimum absolute atomic E-state index is 0.194. The van der Waals surface area contributed by atoms with Crippen LogP contribution in [0.2, 0.25) is 0 Å². The molecule has 124 valence electrons. The van der Waals surface area contributed by atoms with Gasteiger partial charge in [0.1, 0.15) is 0 Å². The highest BCUT2D eigenvalue weighted by molar-refractivity contribution is 6.02. The van der Waals surface area contributed by atoms with Gasteiger partial charge in [-0.25, -0.2) is 4.79 Å². The monoisotopic (exact) mass is 323 g/mol. The number of esters is 1. The van der Waals surface area contributed by atoms with Crippen LogP contribution in [-0.4, -0.2) is 19.0 Å². The second-order valence-electron chi connectivity index (χ2n) is 5.68. The average molecular weight is 323 g/mol. The first-order valence-corrected chi connectivity index (χ1v) is 7.77. The lowest BCUT2D eigenvalue weighted by atomic mass is 10.0. The van der Waals surface area contributed by atoms with Gasteiger partial charge in [0.05, 0.1) is 12.7 Å². The number of amides is 1. The lowest BCUT2D eigenvalue weighted by molar-refractivity contribution is -0.111. The van der Waals surface area contributed by atoms with Gasteiger partial charge in [0.25, 0.3) is 0 Å². The predicted molar refractivity (Wildman–Crippen MR) is 96.0 cm³/mol. The van der Waals surface area contributed by atoms with Crippen LogP contribution in [0.15, 0.2) is 54.6 Å². The maximum Gasteiger partial charge on any atom is 0.337 e. The molecule has 0 radical (unpaired) electrons. The Kier molecular flexibility index (Phi) is 5.90. The van der Waals surface area contributed by atoms with Gasteiger partial charge in [-0.3, -0.25) is 4.79 Å². The van der Waals surface area contributed by atoms with E-state index in [1.165, 1.54) is 13.2 Å². The largest absolute Gasteiger partial charge is 0.465 e. The van der Waals surface area contributed by atoms with E-state index in [0.717, 1.165) is 16.8 Å². The van der Waals surface area contributed by atoms with Crippen LogP contribution < -0.4 is 5.32 Å². The molecule has 0 aliphatic rings. The molecule has 2 aromatic carbocycles. The summed E-state index contributed by atoms with van der Waals surface area (Å²) in [5.41, 5.74) is 3.23. The van der Waals surface area contributed by atoms with E-state index in [9.17, 15) is 9.59 Å². The number of carbonyl (C=O) groups is 2. The van der Waals surface area contributed by atoms with Crippen LogP contribution in [0.25, 0.3) is 6.08 Å². The molecular formula is C20H21NO3. The van der Waals surface area contributed by atoms with Gasteiger partial charge in [-0.05, 0) is 41.3 Å². The van der Waals surface area contributed by atoms with Gasteiger partial charge in [-0.2, -0.15) is 0 Å². The Bertz CT molecular complexity index is 746. The van der Waals surface area contributed by atoms with Crippen molar-refractivity contribution in [1.82, 2.24) is 0 Å². The Hall–Kier alpha value is -2.88. The number of carbonyl (C=O) groups excluding carboxylic acids is 2. The number of para-hydroxylation sites is 1. The van der Waals surface area contributed by atoms with E-state index in [1.54, 1.807) is 30.3 Å². The second kappa shape index (κ2) is 8.11. The topological polar surface area (TPSA) is 55.4 Å². The minimum atomic E-state index is -0.381. The maximum atomic E-state index is 12.1. The second-order valence-corrected chi connectivity index (χ2v) is 5.68. The first-order chi connectivity index (χ1) is 11.5. The number of benzene rings is 2. The fraction of sp³-hybridized carbons (Fsp3) is 0.200. The summed E-state index contributed by atoms with van der Waals surface area (Å²) in [6, 6.07) is 14.6. The molecule has 4 heteroatoms. The fourth-order valence-electron chi connectivity index (χ4n) is 2.31. The Labute approximate surface area is 142 Å². The van der Waals surface area contributed by atoms with Crippen molar-refractivity contribution >= 4 is 23.6 Å². The van der Waals surface area contributed by atoms with Crippen molar-refractivity contribution in [2.45, 2.75) is 19.8 Å². The zero-order chi connectivity index (χ0) is 17.5. The van der Waals surface area contributed by atoms with Crippen molar-refractivity contribution in [1.29, 1.82) is 0 Å². The number of anilines is 1. The third kappa shape index (κ3) is 4.56. The van der Waals surface area contributed by atoms with Gasteiger partial charge < -0.3 is 10.1 Å². The molecule has 0 fully saturated rings. The highest BCUT2D eigenvalue weighted by Crippen LogP contribution is 2.23. The maximum absolute atomic E-state index is 12.1. The van der Waals surface area contributed by atoms with Crippen LogP contribution in [0.1, 0.15) is 41.3 Å². The highest BCUT2D eigenvalue weighted by Gasteiger charge is 2.07. The molecule has 24 heavy (non-hydrogen) atoms. The molecule has 1 amide bonds. The van der Waals surface area contributed by atoms with E-state index in [0.29, 0.717) is 11.5 Å². The number of nitrogens with one attached hydrogen (secondary N) is 1. The van der Waals surface area contributed by atoms with E-state index in [-0.39, 0.29) is 11.9 Å². The smallest absolute Gasteiger partial charge is 0.337 e. The Morgan fingerprint density at radius 2 is 1.71 bits per heavy atom. The Balaban J connectivity index is 2.04. The molecular weight excluding hydrogens is 302 g/mol. The molecule has 0 aromatic heterocycles. The van der Waals surface area contributed by atoms with E-state index in [1.807, 2.05) is 24.3 Å². The van der Waals surface area contributed by atoms with Crippen LogP contribution in [0.3, 0.4) is 0 Å². The number of hydrogen-bond donors (Lipinski definition) is 1. The molecule has 0 spiro atoms. The first-order valence-electron chi connectivity index (χ1n) is 7.77. The molecule has 1 N–H and O–H groups in total. The molecule has 0 saturated carbocycles. The normalized spacial score (nSPS) is 10.8. The Morgan fingerprint density at radius 3 is 2.33 bits per heavy atom. The van der Waals surface area contributed by atoms with Crippen molar-refractivity contribution in [2.75, 3.05) is 12.4 Å². The van der Waals surface area contributed by atoms with Gasteiger partial charge in [-0.15, -0.1) is 0 Å². The summed E-state index contributed by atoms with van der Waals surface area (Å²) < 4.78 is 4.65. The van der Waals surface area contributed by atoms with Gasteiger partial charge in [0.2, 0.25) is 5.91 Å². The summed E-state index contributed by atoms with van der Waals surface area (Å²) in [6.45, 7) is 4.17. The number of hydrogen-bond acceptors (Lipinski definition) is 3. The summed E-state index contributed by atoms with van der Waals surface area (Å²) in [5.74, 6) is -0.245. The summed E-state index contributed by atoms with van der Waals surface area (Å²) in [7, 11) is 1.34. The lowest BCUT2D eigenvalue weighted by Crippen LogP contribution is -2.10. The van der Waals surface area contributed by atoms with E-state index in [4.69, 9.17) is 0 Å². The lowest BCUT2D eigenvalue weighted by Gasteiger charge is -2.12. The molecule has 0 unspecified atom stereocenters. The fourth-order valence-corrected chi connectivity index (χ4v) is 2.31. The van der Waals surface area contributed by atoms with Crippen LogP contribution in [-0.2, 0) is 9.53 Å². The van der Waals surface area contributed by atoms with E-state index < -0.39 is 0 Å². The zero-order valence-electron chi connectivity index (χ0n) is 14.1. The molecule has 2 rings (SSSR count). The van der Waals surface area contributed by atoms with Crippen molar-refractivity contribution in [3.05, 3.63) is 71.3 Å². The van der Waals surface area contributed by atoms with E-state index >= 15 is 0 Å². The SMILES string of the molecule is COC(=O)c1ccc(/C=C/C(=O)Nc2ccccc2C(C)C)cc1. The van der Waals surface area contributed by atoms with Gasteiger partial charge >= 0.3 is 5.97 Å². The molecule has 4 nitrogen and oxygen atoms in total. The standard InChI is InChI=1S/C20H21NO3/c1-14(2)17-6-4-5-7-18(17)21-19(22)13-10-15-8-11-16(12-9-15)20(23)24-3/h4-14H,1-3H3,(H,21,22)/b13-10+. The minimum Gasteiger partial charge on any atom is -0.465 e. The molecule has 0 aliphatic carbocycles. The van der Waals surface area contributed by atoms with Gasteiger partial charge in [0.15, 0.2) is 0 Å². The molecule has 0 atom stereocenters. The summed E-state index contributed by atoms with van der Waals surface area (Å²) in [6.07, 6.45) is 3.18. The average Bonchev–Trinajstić information content (AvgIpc) is 2.60. The molecule has 0 saturated heterocycles. The Morgan fingerprint density at radius 1 is 1.04 bits per heavy atom. The van der Waals surface area contributed by atoms with Crippen molar-refractivity contribution in [3.63, 3.8) is 0 Å². The zero-order valence-corrected chi connectivity index (χ0v) is 14.1. The van der Waals surface area contributed by atoms with Crippen LogP contribution in [0.4, 0.5) is 5.69 Å². The van der Waals surface area contributed by atoms with Crippen LogP contribution in [0, 0.1) is 0 Å². The van der Waals surface area contributed by atoms with E-state index in [2.05, 4.69) is 23.9 Å². The van der Waals surface area contributed by atoms with Gasteiger partial charge in [0, 0.05) is 11.8 Å². The number of rotatable bonds is 5. The molecule has 2 aromatic rings. The summed E-state index contributed by atoms with van der Waals surface area (Å²) in [4.78, 5) is 23.5. The molecule has 0 aliphatic heterocycles. The van der Waals surface area contributed by atoms with Crippen molar-refractivity contribution in [2.24, 2.45) is 0 Å². The summed E-state index contributed by atoms with van der Waals surface area (Å²) in [5, 5.41) is 2.90. The third-order valence-corrected chi connectivity index (χ3v) is 3.60. The third-order valence-electron chi connectivity index (χ3n) is 3.60. The van der Waals surface area contributed by atoms with Crippen molar-refractivity contribution in [3.8, 4) is 0 Å². The number of ether oxygens (including phenoxy) is 1. The molecule has 0 bridgehead atoms. The predicted octanol–water partition coefficient (Wildman–Crippen LogP) is 4.25.